The topological polar surface area (TPSA) is 170 Å². The standard InChI is InChI=1S/C48H52N2O10/c1-47(2,3)59-43(54)26-25-37(31-51)50-42(53)27-28-49-45(55)34-29-40(57-46(56)38-23-12-10-15-32(38)17-14-18-33-16-11-13-24-39(33)52)44-41(30-34)58-48(60-44,35-19-6-4-7-20-35)36-21-8-5-9-22-36/h4-17,19-24,30,37,40-41,44,51-52H,18,25-29,31H2,1-3H3,(H,49,55)(H,50,53)/t37-,40+,41+,44-/m0/s1. The smallest absolute Gasteiger partial charge is 0.339 e. The minimum atomic E-state index is -1.39. The van der Waals surface area contributed by atoms with Crippen LogP contribution in [0, 0.1) is 0 Å². The predicted molar refractivity (Wildman–Crippen MR) is 224 cm³/mol. The summed E-state index contributed by atoms with van der Waals surface area (Å²) >= 11 is 0. The van der Waals surface area contributed by atoms with E-state index in [-0.39, 0.29) is 50.2 Å². The fourth-order valence-electron chi connectivity index (χ4n) is 7.21. The Balaban J connectivity index is 1.19. The Bertz CT molecular complexity index is 2140. The molecule has 60 heavy (non-hydrogen) atoms. The quantitative estimate of drug-likeness (QED) is 0.0943. The first-order chi connectivity index (χ1) is 28.8. The molecule has 0 bridgehead atoms. The second-order valence-corrected chi connectivity index (χ2v) is 15.8. The third kappa shape index (κ3) is 11.1. The molecule has 0 spiro atoms. The summed E-state index contributed by atoms with van der Waals surface area (Å²) in [5, 5.41) is 25.5. The van der Waals surface area contributed by atoms with E-state index in [0.29, 0.717) is 28.7 Å². The van der Waals surface area contributed by atoms with Crippen molar-refractivity contribution in [3.63, 3.8) is 0 Å². The van der Waals surface area contributed by atoms with E-state index in [0.717, 1.165) is 5.56 Å². The molecule has 2 aliphatic rings. The zero-order valence-electron chi connectivity index (χ0n) is 34.0. The number of hydrogen-bond donors (Lipinski definition) is 4. The molecule has 1 fully saturated rings. The van der Waals surface area contributed by atoms with Crippen LogP contribution in [0.5, 0.6) is 5.75 Å². The Labute approximate surface area is 350 Å². The van der Waals surface area contributed by atoms with E-state index in [9.17, 15) is 29.4 Å². The van der Waals surface area contributed by atoms with Crippen molar-refractivity contribution in [2.45, 2.75) is 88.6 Å². The number of rotatable bonds is 16. The lowest BCUT2D eigenvalue weighted by molar-refractivity contribution is -0.157. The number of allylic oxidation sites excluding steroid dienone is 1. The van der Waals surface area contributed by atoms with Crippen LogP contribution in [0.1, 0.15) is 79.1 Å². The van der Waals surface area contributed by atoms with Crippen LogP contribution in [0.15, 0.2) is 127 Å². The van der Waals surface area contributed by atoms with Gasteiger partial charge in [0.1, 0.15) is 29.7 Å². The van der Waals surface area contributed by atoms with Gasteiger partial charge in [0, 0.05) is 42.5 Å². The average Bonchev–Trinajstić information content (AvgIpc) is 3.64. The second kappa shape index (κ2) is 19.8. The molecule has 4 N–H and O–H groups in total. The first-order valence-electron chi connectivity index (χ1n) is 20.2. The summed E-state index contributed by atoms with van der Waals surface area (Å²) in [4.78, 5) is 52.8. The summed E-state index contributed by atoms with van der Waals surface area (Å²) in [5.74, 6) is -3.15. The van der Waals surface area contributed by atoms with Gasteiger partial charge in [0.2, 0.25) is 17.6 Å². The largest absolute Gasteiger partial charge is 0.508 e. The lowest BCUT2D eigenvalue weighted by atomic mass is 9.91. The molecule has 6 rings (SSSR count). The minimum Gasteiger partial charge on any atom is -0.508 e. The maximum atomic E-state index is 14.1. The summed E-state index contributed by atoms with van der Waals surface area (Å²) in [5.41, 5.74) is 2.72. The summed E-state index contributed by atoms with van der Waals surface area (Å²) < 4.78 is 25.2. The minimum absolute atomic E-state index is 0.00347. The van der Waals surface area contributed by atoms with Crippen LogP contribution < -0.4 is 10.6 Å². The van der Waals surface area contributed by atoms with Crippen LogP contribution in [0.25, 0.3) is 6.08 Å². The molecule has 0 radical (unpaired) electrons. The molecule has 2 amide bonds. The first kappa shape index (κ1) is 43.5. The fourth-order valence-corrected chi connectivity index (χ4v) is 7.21. The second-order valence-electron chi connectivity index (χ2n) is 15.8. The Morgan fingerprint density at radius 3 is 2.18 bits per heavy atom. The Hall–Kier alpha value is -6.08. The van der Waals surface area contributed by atoms with Gasteiger partial charge in [-0.2, -0.15) is 0 Å². The van der Waals surface area contributed by atoms with Crippen molar-refractivity contribution < 1.29 is 48.3 Å². The molecule has 4 aromatic rings. The number of aliphatic hydroxyl groups excluding tert-OH is 1. The first-order valence-corrected chi connectivity index (χ1v) is 20.2. The zero-order valence-corrected chi connectivity index (χ0v) is 34.0. The number of nitrogens with one attached hydrogen (secondary N) is 2. The molecule has 0 aromatic heterocycles. The van der Waals surface area contributed by atoms with Crippen LogP contribution >= 0.6 is 0 Å². The number of para-hydroxylation sites is 1. The number of phenols is 1. The van der Waals surface area contributed by atoms with Crippen LogP contribution in [-0.4, -0.2) is 77.1 Å². The SMILES string of the molecule is CC(C)(C)OC(=O)CC[C@@H](CO)NC(=O)CCNC(=O)C1=C[C@H]2OC(c3ccccc3)(c3ccccc3)O[C@H]2[C@H](OC(=O)c2ccccc2C=CCc2ccccc2O)C1. The van der Waals surface area contributed by atoms with Gasteiger partial charge in [-0.25, -0.2) is 4.79 Å². The molecule has 12 heteroatoms. The molecule has 1 heterocycles. The van der Waals surface area contributed by atoms with E-state index in [2.05, 4.69) is 10.6 Å². The van der Waals surface area contributed by atoms with Crippen LogP contribution in [0.3, 0.4) is 0 Å². The molecule has 0 unspecified atom stereocenters. The van der Waals surface area contributed by atoms with Gasteiger partial charge in [0.25, 0.3) is 0 Å². The average molecular weight is 817 g/mol. The van der Waals surface area contributed by atoms with Crippen molar-refractivity contribution in [1.29, 1.82) is 0 Å². The molecular formula is C48H52N2O10. The predicted octanol–water partition coefficient (Wildman–Crippen LogP) is 6.29. The molecule has 4 aromatic carbocycles. The Morgan fingerprint density at radius 2 is 1.52 bits per heavy atom. The third-order valence-electron chi connectivity index (χ3n) is 10.1. The number of phenolic OH excluding ortho intramolecular Hbond substituents is 1. The van der Waals surface area contributed by atoms with Crippen LogP contribution in [-0.2, 0) is 45.5 Å². The number of esters is 2. The van der Waals surface area contributed by atoms with Crippen molar-refractivity contribution in [2.24, 2.45) is 0 Å². The number of carbonyl (C=O) groups excluding carboxylic acids is 4. The van der Waals surface area contributed by atoms with E-state index in [1.807, 2.05) is 84.9 Å². The Morgan fingerprint density at radius 1 is 0.867 bits per heavy atom. The number of aromatic hydroxyl groups is 1. The summed E-state index contributed by atoms with van der Waals surface area (Å²) in [7, 11) is 0. The van der Waals surface area contributed by atoms with E-state index in [1.165, 1.54) is 0 Å². The number of fused-ring (bicyclic) bond motifs is 1. The van der Waals surface area contributed by atoms with Gasteiger partial charge in [0.05, 0.1) is 18.2 Å². The van der Waals surface area contributed by atoms with E-state index in [4.69, 9.17) is 18.9 Å². The molecule has 1 saturated heterocycles. The van der Waals surface area contributed by atoms with Gasteiger partial charge in [-0.3, -0.25) is 14.4 Å². The molecule has 1 aliphatic carbocycles. The van der Waals surface area contributed by atoms with Crippen LogP contribution in [0.2, 0.25) is 0 Å². The van der Waals surface area contributed by atoms with Crippen molar-refractivity contribution in [3.8, 4) is 5.75 Å². The number of benzene rings is 4. The molecule has 0 saturated carbocycles. The lowest BCUT2D eigenvalue weighted by Gasteiger charge is -2.31. The fraction of sp³-hybridized carbons (Fsp3) is 0.333. The molecule has 4 atom stereocenters. The Kier molecular flexibility index (Phi) is 14.3. The van der Waals surface area contributed by atoms with Crippen molar-refractivity contribution in [1.82, 2.24) is 10.6 Å². The van der Waals surface area contributed by atoms with Crippen molar-refractivity contribution in [3.05, 3.63) is 155 Å². The molecule has 314 valence electrons. The van der Waals surface area contributed by atoms with Gasteiger partial charge >= 0.3 is 11.9 Å². The maximum absolute atomic E-state index is 14.1. The normalized spacial score (nSPS) is 18.8. The molecular weight excluding hydrogens is 765 g/mol. The van der Waals surface area contributed by atoms with Gasteiger partial charge in [0.15, 0.2) is 0 Å². The summed E-state index contributed by atoms with van der Waals surface area (Å²) in [6, 6.07) is 32.3. The van der Waals surface area contributed by atoms with Gasteiger partial charge in [-0.1, -0.05) is 109 Å². The van der Waals surface area contributed by atoms with E-state index >= 15 is 0 Å². The highest BCUT2D eigenvalue weighted by atomic mass is 16.8. The highest BCUT2D eigenvalue weighted by molar-refractivity contribution is 5.95. The molecule has 1 aliphatic heterocycles. The highest BCUT2D eigenvalue weighted by Gasteiger charge is 2.55. The van der Waals surface area contributed by atoms with E-state index < -0.39 is 59.5 Å². The van der Waals surface area contributed by atoms with Crippen molar-refractivity contribution in [2.75, 3.05) is 13.2 Å². The summed E-state index contributed by atoms with van der Waals surface area (Å²) in [6.45, 7) is 4.89. The third-order valence-corrected chi connectivity index (χ3v) is 10.1. The monoisotopic (exact) mass is 816 g/mol. The zero-order chi connectivity index (χ0) is 42.7. The van der Waals surface area contributed by atoms with E-state index in [1.54, 1.807) is 63.3 Å². The molecule has 12 nitrogen and oxygen atoms in total. The number of hydrogen-bond acceptors (Lipinski definition) is 10. The number of amides is 2. The lowest BCUT2D eigenvalue weighted by Crippen LogP contribution is -2.44. The maximum Gasteiger partial charge on any atom is 0.339 e. The highest BCUT2D eigenvalue weighted by Crippen LogP contribution is 2.47. The summed E-state index contributed by atoms with van der Waals surface area (Å²) in [6.07, 6.45) is 3.32. The van der Waals surface area contributed by atoms with Gasteiger partial charge in [-0.05, 0) is 62.9 Å². The van der Waals surface area contributed by atoms with Crippen LogP contribution in [0.4, 0.5) is 0 Å². The number of ether oxygens (including phenoxy) is 4. The van der Waals surface area contributed by atoms with Crippen molar-refractivity contribution >= 4 is 29.8 Å². The van der Waals surface area contributed by atoms with Gasteiger partial charge in [-0.15, -0.1) is 0 Å². The number of aliphatic hydroxyl groups is 1. The van der Waals surface area contributed by atoms with Gasteiger partial charge < -0.3 is 39.8 Å². The number of carbonyl (C=O) groups is 4.